The number of thioether (sulfide) groups is 1. The van der Waals surface area contributed by atoms with Crippen molar-refractivity contribution < 1.29 is 4.92 Å². The van der Waals surface area contributed by atoms with E-state index in [1.54, 1.807) is 23.9 Å². The molecule has 0 radical (unpaired) electrons. The number of non-ortho nitro benzene ring substituents is 1. The van der Waals surface area contributed by atoms with Gasteiger partial charge in [0.25, 0.3) is 5.69 Å². The maximum absolute atomic E-state index is 10.6. The van der Waals surface area contributed by atoms with Crippen molar-refractivity contribution in [3.8, 4) is 0 Å². The molecular formula is C13H14ClNO2S. The molecule has 2 saturated carbocycles. The summed E-state index contributed by atoms with van der Waals surface area (Å²) in [5, 5.41) is 11.3. The third kappa shape index (κ3) is 2.12. The highest BCUT2D eigenvalue weighted by molar-refractivity contribution is 8.00. The number of rotatable bonds is 3. The summed E-state index contributed by atoms with van der Waals surface area (Å²) in [5.41, 5.74) is 0.148. The zero-order chi connectivity index (χ0) is 12.7. The van der Waals surface area contributed by atoms with Gasteiger partial charge in [0.05, 0.1) is 4.92 Å². The van der Waals surface area contributed by atoms with E-state index in [-0.39, 0.29) is 16.0 Å². The van der Waals surface area contributed by atoms with Gasteiger partial charge in [-0.15, -0.1) is 23.4 Å². The molecule has 0 heterocycles. The Morgan fingerprint density at radius 1 is 1.22 bits per heavy atom. The molecule has 0 N–H and O–H groups in total. The van der Waals surface area contributed by atoms with Crippen molar-refractivity contribution in [2.75, 3.05) is 0 Å². The Morgan fingerprint density at radius 2 is 1.89 bits per heavy atom. The number of benzene rings is 1. The van der Waals surface area contributed by atoms with Gasteiger partial charge in [-0.05, 0) is 43.2 Å². The molecule has 0 amide bonds. The zero-order valence-electron chi connectivity index (χ0n) is 9.79. The number of alkyl halides is 1. The largest absolute Gasteiger partial charge is 0.269 e. The highest BCUT2D eigenvalue weighted by atomic mass is 35.5. The minimum Gasteiger partial charge on any atom is -0.258 e. The van der Waals surface area contributed by atoms with Gasteiger partial charge in [0.15, 0.2) is 0 Å². The van der Waals surface area contributed by atoms with Crippen LogP contribution in [0.1, 0.15) is 19.3 Å². The first-order chi connectivity index (χ1) is 8.65. The summed E-state index contributed by atoms with van der Waals surface area (Å²) in [6.07, 6.45) is 3.83. The Morgan fingerprint density at radius 3 is 2.44 bits per heavy atom. The topological polar surface area (TPSA) is 43.1 Å². The highest BCUT2D eigenvalue weighted by Gasteiger charge is 2.47. The Hall–Kier alpha value is -0.740. The van der Waals surface area contributed by atoms with E-state index in [1.807, 2.05) is 12.1 Å². The summed E-state index contributed by atoms with van der Waals surface area (Å²) in [7, 11) is 0. The van der Waals surface area contributed by atoms with Gasteiger partial charge in [-0.1, -0.05) is 0 Å². The molecule has 0 aliphatic heterocycles. The molecule has 2 aliphatic carbocycles. The van der Waals surface area contributed by atoms with Crippen LogP contribution >= 0.6 is 23.4 Å². The highest BCUT2D eigenvalue weighted by Crippen LogP contribution is 2.53. The Balaban J connectivity index is 1.71. The number of fused-ring (bicyclic) bond motifs is 2. The molecule has 0 unspecified atom stereocenters. The molecule has 3 nitrogen and oxygen atoms in total. The van der Waals surface area contributed by atoms with Crippen molar-refractivity contribution in [3.05, 3.63) is 34.4 Å². The van der Waals surface area contributed by atoms with Crippen molar-refractivity contribution >= 4 is 29.1 Å². The molecule has 5 heteroatoms. The number of hydrogen-bond acceptors (Lipinski definition) is 3. The fourth-order valence-electron chi connectivity index (χ4n) is 3.13. The smallest absolute Gasteiger partial charge is 0.258 e. The summed E-state index contributed by atoms with van der Waals surface area (Å²) in [4.78, 5) is 11.3. The summed E-state index contributed by atoms with van der Waals surface area (Å²) < 4.78 is 0. The van der Waals surface area contributed by atoms with Crippen LogP contribution in [-0.4, -0.2) is 15.6 Å². The Bertz CT molecular complexity index is 463. The first kappa shape index (κ1) is 12.3. The molecule has 1 aromatic rings. The van der Waals surface area contributed by atoms with Crippen LogP contribution in [0.2, 0.25) is 0 Å². The lowest BCUT2D eigenvalue weighted by Crippen LogP contribution is -2.24. The third-order valence-electron chi connectivity index (χ3n) is 4.06. The van der Waals surface area contributed by atoms with Crippen LogP contribution in [0.25, 0.3) is 0 Å². The molecule has 2 fully saturated rings. The fraction of sp³-hybridized carbons (Fsp3) is 0.538. The van der Waals surface area contributed by atoms with E-state index in [2.05, 4.69) is 0 Å². The first-order valence-corrected chi connectivity index (χ1v) is 7.52. The van der Waals surface area contributed by atoms with Crippen LogP contribution in [0.4, 0.5) is 5.69 Å². The Labute approximate surface area is 115 Å². The van der Waals surface area contributed by atoms with Crippen LogP contribution in [0.3, 0.4) is 0 Å². The minimum atomic E-state index is -0.365. The molecule has 96 valence electrons. The second kappa shape index (κ2) is 4.74. The van der Waals surface area contributed by atoms with E-state index >= 15 is 0 Å². The van der Waals surface area contributed by atoms with Crippen LogP contribution in [0.15, 0.2) is 29.2 Å². The van der Waals surface area contributed by atoms with E-state index in [1.165, 1.54) is 19.3 Å². The Kier molecular flexibility index (Phi) is 3.24. The van der Waals surface area contributed by atoms with Crippen molar-refractivity contribution in [1.82, 2.24) is 0 Å². The third-order valence-corrected chi connectivity index (χ3v) is 6.33. The minimum absolute atomic E-state index is 0.148. The predicted molar refractivity (Wildman–Crippen MR) is 73.2 cm³/mol. The van der Waals surface area contributed by atoms with Crippen LogP contribution < -0.4 is 0 Å². The fourth-order valence-corrected chi connectivity index (χ4v) is 5.12. The first-order valence-electron chi connectivity index (χ1n) is 6.20. The summed E-state index contributed by atoms with van der Waals surface area (Å²) in [6, 6.07) is 6.80. The van der Waals surface area contributed by atoms with Gasteiger partial charge in [-0.25, -0.2) is 0 Å². The lowest BCUT2D eigenvalue weighted by Gasteiger charge is -2.25. The van der Waals surface area contributed by atoms with Crippen molar-refractivity contribution in [3.63, 3.8) is 0 Å². The summed E-state index contributed by atoms with van der Waals surface area (Å²) in [6.45, 7) is 0. The van der Waals surface area contributed by atoms with E-state index in [0.717, 1.165) is 10.8 Å². The van der Waals surface area contributed by atoms with Crippen molar-refractivity contribution in [2.45, 2.75) is 34.8 Å². The molecule has 0 aromatic heterocycles. The second-order valence-corrected chi connectivity index (χ2v) is 6.87. The average molecular weight is 284 g/mol. The quantitative estimate of drug-likeness (QED) is 0.477. The van der Waals surface area contributed by atoms with Crippen LogP contribution in [-0.2, 0) is 0 Å². The molecular weight excluding hydrogens is 270 g/mol. The van der Waals surface area contributed by atoms with E-state index < -0.39 is 0 Å². The van der Waals surface area contributed by atoms with Gasteiger partial charge in [-0.2, -0.15) is 0 Å². The van der Waals surface area contributed by atoms with Crippen LogP contribution in [0, 0.1) is 22.0 Å². The van der Waals surface area contributed by atoms with Gasteiger partial charge < -0.3 is 0 Å². The second-order valence-electron chi connectivity index (χ2n) is 5.11. The number of hydrogen-bond donors (Lipinski definition) is 0. The molecule has 18 heavy (non-hydrogen) atoms. The molecule has 1 aromatic carbocycles. The average Bonchev–Trinajstić information content (AvgIpc) is 2.94. The van der Waals surface area contributed by atoms with E-state index in [0.29, 0.717) is 11.2 Å². The van der Waals surface area contributed by atoms with Gasteiger partial charge in [0.2, 0.25) is 0 Å². The van der Waals surface area contributed by atoms with Crippen molar-refractivity contribution in [2.24, 2.45) is 11.8 Å². The maximum Gasteiger partial charge on any atom is 0.269 e. The van der Waals surface area contributed by atoms with Crippen molar-refractivity contribution in [1.29, 1.82) is 0 Å². The van der Waals surface area contributed by atoms with Gasteiger partial charge in [0, 0.05) is 27.7 Å². The lowest BCUT2D eigenvalue weighted by molar-refractivity contribution is -0.384. The lowest BCUT2D eigenvalue weighted by atomic mass is 10.00. The normalized spacial score (nSPS) is 33.8. The van der Waals surface area contributed by atoms with Gasteiger partial charge >= 0.3 is 0 Å². The number of nitro groups is 1. The summed E-state index contributed by atoms with van der Waals surface area (Å²) in [5.74, 6) is 1.42. The molecule has 0 spiro atoms. The number of nitrogens with zero attached hydrogens (tertiary/aromatic N) is 1. The van der Waals surface area contributed by atoms with Gasteiger partial charge in [-0.3, -0.25) is 10.1 Å². The molecule has 0 saturated heterocycles. The molecule has 2 aliphatic rings. The molecule has 3 rings (SSSR count). The zero-order valence-corrected chi connectivity index (χ0v) is 11.4. The SMILES string of the molecule is O=[N+]([O-])c1ccc(S[C@H]2[C@H]3CC[C@@H](C3)[C@@H]2Cl)cc1. The summed E-state index contributed by atoms with van der Waals surface area (Å²) >= 11 is 8.27. The maximum atomic E-state index is 10.6. The monoisotopic (exact) mass is 283 g/mol. The number of nitro benzene ring substituents is 1. The molecule has 4 atom stereocenters. The molecule has 2 bridgehead atoms. The standard InChI is InChI=1S/C13H14ClNO2S/c14-12-8-1-2-9(7-8)13(12)18-11-5-3-10(4-6-11)15(16)17/h3-6,8-9,12-13H,1-2,7H2/t8-,9-,12-,13-/m0/s1. The predicted octanol–water partition coefficient (Wildman–Crippen LogP) is 4.09. The van der Waals surface area contributed by atoms with Crippen LogP contribution in [0.5, 0.6) is 0 Å². The van der Waals surface area contributed by atoms with E-state index in [9.17, 15) is 10.1 Å². The number of halogens is 1. The van der Waals surface area contributed by atoms with E-state index in [4.69, 9.17) is 11.6 Å². The van der Waals surface area contributed by atoms with Gasteiger partial charge in [0.1, 0.15) is 0 Å².